The van der Waals surface area contributed by atoms with Crippen molar-refractivity contribution < 1.29 is 24.3 Å². The number of imide groups is 1. The molecule has 0 aromatic rings. The van der Waals surface area contributed by atoms with Crippen LogP contribution in [0.5, 0.6) is 0 Å². The summed E-state index contributed by atoms with van der Waals surface area (Å²) in [5.74, 6) is -1.59. The molecule has 0 atom stereocenters. The van der Waals surface area contributed by atoms with Gasteiger partial charge in [-0.1, -0.05) is 0 Å². The van der Waals surface area contributed by atoms with Gasteiger partial charge in [0.25, 0.3) is 0 Å². The number of urea groups is 1. The molecule has 4 amide bonds. The molecular weight excluding hydrogens is 278 g/mol. The molecule has 1 saturated heterocycles. The van der Waals surface area contributed by atoms with Crippen LogP contribution >= 0.6 is 0 Å². The van der Waals surface area contributed by atoms with Crippen molar-refractivity contribution in [2.24, 2.45) is 11.7 Å². The molecule has 0 saturated carbocycles. The van der Waals surface area contributed by atoms with Crippen molar-refractivity contribution in [3.63, 3.8) is 0 Å². The predicted molar refractivity (Wildman–Crippen MR) is 73.1 cm³/mol. The first kappa shape index (κ1) is 16.9. The minimum absolute atomic E-state index is 0.0101. The maximum absolute atomic E-state index is 11.8. The van der Waals surface area contributed by atoms with E-state index in [2.05, 4.69) is 5.32 Å². The average Bonchev–Trinajstić information content (AvgIpc) is 2.38. The third-order valence-corrected chi connectivity index (χ3v) is 3.43. The van der Waals surface area contributed by atoms with E-state index < -0.39 is 17.9 Å². The molecule has 0 aliphatic carbocycles. The van der Waals surface area contributed by atoms with E-state index in [1.807, 2.05) is 0 Å². The maximum atomic E-state index is 11.8. The Kier molecular flexibility index (Phi) is 6.64. The highest BCUT2D eigenvalue weighted by Crippen LogP contribution is 2.20. The van der Waals surface area contributed by atoms with Crippen LogP contribution in [0.1, 0.15) is 38.5 Å². The number of carboxylic acid groups (broad SMARTS) is 1. The summed E-state index contributed by atoms with van der Waals surface area (Å²) >= 11 is 0. The molecule has 21 heavy (non-hydrogen) atoms. The topological polar surface area (TPSA) is 130 Å². The Balaban J connectivity index is 2.25. The van der Waals surface area contributed by atoms with Gasteiger partial charge in [0.15, 0.2) is 0 Å². The number of hydrogen-bond donors (Lipinski definition) is 3. The molecule has 8 heteroatoms. The Morgan fingerprint density at radius 1 is 1.14 bits per heavy atom. The molecule has 8 nitrogen and oxygen atoms in total. The molecular formula is C13H21N3O5. The van der Waals surface area contributed by atoms with Gasteiger partial charge in [-0.25, -0.2) is 4.79 Å². The first-order valence-electron chi connectivity index (χ1n) is 6.97. The Morgan fingerprint density at radius 3 is 2.29 bits per heavy atom. The normalized spacial score (nSPS) is 15.5. The smallest absolute Gasteiger partial charge is 0.324 e. The second kappa shape index (κ2) is 8.23. The highest BCUT2D eigenvalue weighted by atomic mass is 16.4. The molecule has 1 aliphatic heterocycles. The largest absolute Gasteiger partial charge is 0.481 e. The summed E-state index contributed by atoms with van der Waals surface area (Å²) in [4.78, 5) is 46.0. The Bertz CT molecular complexity index is 416. The first-order chi connectivity index (χ1) is 9.88. The number of primary amides is 1. The molecule has 1 fully saturated rings. The Labute approximate surface area is 122 Å². The van der Waals surface area contributed by atoms with Crippen LogP contribution in [0, 0.1) is 5.92 Å². The van der Waals surface area contributed by atoms with Crippen LogP contribution in [-0.4, -0.2) is 46.9 Å². The lowest BCUT2D eigenvalue weighted by Gasteiger charge is -2.31. The average molecular weight is 299 g/mol. The van der Waals surface area contributed by atoms with Crippen molar-refractivity contribution in [3.05, 3.63) is 0 Å². The van der Waals surface area contributed by atoms with Crippen molar-refractivity contribution in [1.82, 2.24) is 10.2 Å². The number of aliphatic carboxylic acids is 1. The van der Waals surface area contributed by atoms with E-state index in [4.69, 9.17) is 10.8 Å². The second-order valence-electron chi connectivity index (χ2n) is 5.20. The zero-order chi connectivity index (χ0) is 15.8. The van der Waals surface area contributed by atoms with E-state index in [0.29, 0.717) is 32.4 Å². The van der Waals surface area contributed by atoms with Gasteiger partial charge in [-0.3, -0.25) is 19.7 Å². The molecule has 0 bridgehead atoms. The van der Waals surface area contributed by atoms with E-state index in [0.717, 1.165) is 0 Å². The standard InChI is InChI=1S/C13H21N3O5/c14-10(17)8-9-4-6-16(7-5-9)13(21)15-11(18)2-1-3-12(19)20/h9H,1-8H2,(H2,14,17)(H,19,20)(H,15,18,21). The lowest BCUT2D eigenvalue weighted by Crippen LogP contribution is -2.46. The van der Waals surface area contributed by atoms with Gasteiger partial charge < -0.3 is 15.7 Å². The Morgan fingerprint density at radius 2 is 1.76 bits per heavy atom. The highest BCUT2D eigenvalue weighted by Gasteiger charge is 2.24. The number of hydrogen-bond acceptors (Lipinski definition) is 4. The summed E-state index contributed by atoms with van der Waals surface area (Å²) in [5, 5.41) is 10.7. The minimum Gasteiger partial charge on any atom is -0.481 e. The summed E-state index contributed by atoms with van der Waals surface area (Å²) in [7, 11) is 0. The molecule has 1 aliphatic rings. The highest BCUT2D eigenvalue weighted by molar-refractivity contribution is 5.94. The second-order valence-corrected chi connectivity index (χ2v) is 5.20. The number of carbonyl (C=O) groups excluding carboxylic acids is 3. The molecule has 1 heterocycles. The summed E-state index contributed by atoms with van der Waals surface area (Å²) in [5.41, 5.74) is 5.13. The third kappa shape index (κ3) is 6.73. The van der Waals surface area contributed by atoms with Crippen LogP contribution in [0.25, 0.3) is 0 Å². The molecule has 0 unspecified atom stereocenters. The van der Waals surface area contributed by atoms with Gasteiger partial charge in [0.2, 0.25) is 11.8 Å². The molecule has 0 spiro atoms. The molecule has 1 rings (SSSR count). The van der Waals surface area contributed by atoms with Crippen LogP contribution in [0.3, 0.4) is 0 Å². The van der Waals surface area contributed by atoms with Gasteiger partial charge in [-0.15, -0.1) is 0 Å². The number of nitrogens with two attached hydrogens (primary N) is 1. The van der Waals surface area contributed by atoms with Crippen LogP contribution < -0.4 is 11.1 Å². The zero-order valence-corrected chi connectivity index (χ0v) is 11.8. The van der Waals surface area contributed by atoms with Crippen LogP contribution in [0.2, 0.25) is 0 Å². The number of nitrogens with zero attached hydrogens (tertiary/aromatic N) is 1. The lowest BCUT2D eigenvalue weighted by atomic mass is 9.93. The fourth-order valence-electron chi connectivity index (χ4n) is 2.29. The lowest BCUT2D eigenvalue weighted by molar-refractivity contribution is -0.137. The van der Waals surface area contributed by atoms with Crippen molar-refractivity contribution in [2.45, 2.75) is 38.5 Å². The van der Waals surface area contributed by atoms with Gasteiger partial charge in [0, 0.05) is 32.4 Å². The summed E-state index contributed by atoms with van der Waals surface area (Å²) in [6, 6.07) is -0.465. The Hall–Kier alpha value is -2.12. The van der Waals surface area contributed by atoms with E-state index >= 15 is 0 Å². The van der Waals surface area contributed by atoms with Gasteiger partial charge in [0.1, 0.15) is 0 Å². The third-order valence-electron chi connectivity index (χ3n) is 3.43. The molecule has 0 radical (unpaired) electrons. The van der Waals surface area contributed by atoms with E-state index in [-0.39, 0.29) is 31.1 Å². The fourth-order valence-corrected chi connectivity index (χ4v) is 2.29. The van der Waals surface area contributed by atoms with Gasteiger partial charge in [-0.2, -0.15) is 0 Å². The number of piperidine rings is 1. The van der Waals surface area contributed by atoms with Crippen LogP contribution in [0.15, 0.2) is 0 Å². The molecule has 118 valence electrons. The van der Waals surface area contributed by atoms with E-state index in [1.165, 1.54) is 4.90 Å². The van der Waals surface area contributed by atoms with Crippen molar-refractivity contribution in [3.8, 4) is 0 Å². The zero-order valence-electron chi connectivity index (χ0n) is 11.8. The maximum Gasteiger partial charge on any atom is 0.324 e. The molecule has 4 N–H and O–H groups in total. The summed E-state index contributed by atoms with van der Waals surface area (Å²) in [6.07, 6.45) is 1.81. The number of amides is 4. The van der Waals surface area contributed by atoms with Crippen molar-refractivity contribution >= 4 is 23.8 Å². The number of rotatable bonds is 6. The van der Waals surface area contributed by atoms with E-state index in [1.54, 1.807) is 0 Å². The predicted octanol–water partition coefficient (Wildman–Crippen LogP) is 0.0649. The monoisotopic (exact) mass is 299 g/mol. The number of carboxylic acids is 1. The number of carbonyl (C=O) groups is 4. The van der Waals surface area contributed by atoms with Crippen molar-refractivity contribution in [2.75, 3.05) is 13.1 Å². The SMILES string of the molecule is NC(=O)CC1CCN(C(=O)NC(=O)CCCC(=O)O)CC1. The van der Waals surface area contributed by atoms with Crippen molar-refractivity contribution in [1.29, 1.82) is 0 Å². The summed E-state index contributed by atoms with van der Waals surface area (Å²) < 4.78 is 0. The van der Waals surface area contributed by atoms with Gasteiger partial charge in [-0.05, 0) is 25.2 Å². The fraction of sp³-hybridized carbons (Fsp3) is 0.692. The number of nitrogens with one attached hydrogen (secondary N) is 1. The summed E-state index contributed by atoms with van der Waals surface area (Å²) in [6.45, 7) is 0.957. The van der Waals surface area contributed by atoms with Gasteiger partial charge >= 0.3 is 12.0 Å². The molecule has 0 aromatic carbocycles. The quantitative estimate of drug-likeness (QED) is 0.638. The van der Waals surface area contributed by atoms with Gasteiger partial charge in [0.05, 0.1) is 0 Å². The molecule has 0 aromatic heterocycles. The number of likely N-dealkylation sites (tertiary alicyclic amines) is 1. The first-order valence-corrected chi connectivity index (χ1v) is 6.97. The van der Waals surface area contributed by atoms with Crippen LogP contribution in [-0.2, 0) is 14.4 Å². The van der Waals surface area contributed by atoms with Crippen LogP contribution in [0.4, 0.5) is 4.79 Å². The van der Waals surface area contributed by atoms with E-state index in [9.17, 15) is 19.2 Å². The minimum atomic E-state index is -0.967.